The molecule has 0 aliphatic heterocycles. The minimum atomic E-state index is -0.808. The summed E-state index contributed by atoms with van der Waals surface area (Å²) >= 11 is 0. The van der Waals surface area contributed by atoms with E-state index in [-0.39, 0.29) is 5.97 Å². The van der Waals surface area contributed by atoms with E-state index >= 15 is 0 Å². The van der Waals surface area contributed by atoms with Gasteiger partial charge in [0.25, 0.3) is 0 Å². The summed E-state index contributed by atoms with van der Waals surface area (Å²) in [4.78, 5) is 11.5. The summed E-state index contributed by atoms with van der Waals surface area (Å²) in [6, 6.07) is 0. The van der Waals surface area contributed by atoms with Gasteiger partial charge in [0, 0.05) is 5.57 Å². The molecule has 0 N–H and O–H groups in total. The van der Waals surface area contributed by atoms with Crippen LogP contribution in [-0.4, -0.2) is 21.4 Å². The third kappa shape index (κ3) is 10.3. The van der Waals surface area contributed by atoms with Crippen LogP contribution in [0.4, 0.5) is 0 Å². The Morgan fingerprint density at radius 2 is 1.71 bits per heavy atom. The van der Waals surface area contributed by atoms with E-state index in [2.05, 4.69) is 25.7 Å². The molecule has 2 nitrogen and oxygen atoms in total. The van der Waals surface area contributed by atoms with Crippen molar-refractivity contribution in [2.24, 2.45) is 0 Å². The van der Waals surface area contributed by atoms with Gasteiger partial charge in [0.2, 0.25) is 0 Å². The Balaban J connectivity index is 3.52. The summed E-state index contributed by atoms with van der Waals surface area (Å²) in [6.45, 7) is 9.05. The summed E-state index contributed by atoms with van der Waals surface area (Å²) in [5.74, 6) is -0.125. The molecule has 0 rings (SSSR count). The molecule has 0 fully saturated rings. The Labute approximate surface area is 108 Å². The van der Waals surface area contributed by atoms with Crippen molar-refractivity contribution < 1.29 is 9.53 Å². The van der Waals surface area contributed by atoms with Crippen molar-refractivity contribution in [1.29, 1.82) is 0 Å². The number of ether oxygens (including phenoxy) is 1. The Hall–Kier alpha value is -0.573. The van der Waals surface area contributed by atoms with Crippen LogP contribution in [0.2, 0.25) is 13.1 Å². The highest BCUT2D eigenvalue weighted by molar-refractivity contribution is 6.61. The number of esters is 1. The Morgan fingerprint density at radius 1 is 1.12 bits per heavy atom. The second-order valence-corrected chi connectivity index (χ2v) is 7.82. The number of unbranched alkanes of at least 4 members (excludes halogenated alkanes) is 5. The van der Waals surface area contributed by atoms with Gasteiger partial charge in [-0.15, -0.1) is 0 Å². The molecule has 0 aromatic rings. The lowest BCUT2D eigenvalue weighted by atomic mass is 10.1. The molecule has 0 atom stereocenters. The van der Waals surface area contributed by atoms with Crippen LogP contribution in [0.5, 0.6) is 0 Å². The number of hydrogen-bond acceptors (Lipinski definition) is 2. The van der Waals surface area contributed by atoms with Gasteiger partial charge >= 0.3 is 5.97 Å². The van der Waals surface area contributed by atoms with Gasteiger partial charge in [0.1, 0.15) is 0 Å². The minimum Gasteiger partial charge on any atom is -0.462 e. The standard InChI is InChI=1S/C14H28O2Si/c1-5-6-7-8-9-10-11-16-14(15)13(2)12-17(3)4/h12,17H,5-11H2,1-4H3. The molecule has 0 unspecified atom stereocenters. The van der Waals surface area contributed by atoms with Gasteiger partial charge < -0.3 is 4.74 Å². The highest BCUT2D eigenvalue weighted by Gasteiger charge is 2.05. The first-order valence-electron chi connectivity index (χ1n) is 6.93. The zero-order chi connectivity index (χ0) is 13.1. The maximum absolute atomic E-state index is 11.5. The van der Waals surface area contributed by atoms with Crippen molar-refractivity contribution >= 4 is 14.8 Å². The van der Waals surface area contributed by atoms with Crippen molar-refractivity contribution in [1.82, 2.24) is 0 Å². The van der Waals surface area contributed by atoms with Crippen LogP contribution in [-0.2, 0) is 9.53 Å². The van der Waals surface area contributed by atoms with Crippen LogP contribution in [0, 0.1) is 0 Å². The molecule has 0 aromatic heterocycles. The molecule has 3 heteroatoms. The van der Waals surface area contributed by atoms with Gasteiger partial charge in [0.15, 0.2) is 0 Å². The van der Waals surface area contributed by atoms with E-state index in [4.69, 9.17) is 4.74 Å². The van der Waals surface area contributed by atoms with E-state index in [1.54, 1.807) is 0 Å². The summed E-state index contributed by atoms with van der Waals surface area (Å²) in [6.07, 6.45) is 7.34. The molecule has 0 amide bonds. The summed E-state index contributed by atoms with van der Waals surface area (Å²) in [5.41, 5.74) is 2.88. The van der Waals surface area contributed by atoms with E-state index in [9.17, 15) is 4.79 Å². The molecular weight excluding hydrogens is 228 g/mol. The molecule has 0 aliphatic rings. The summed E-state index contributed by atoms with van der Waals surface area (Å²) in [5, 5.41) is 0. The predicted molar refractivity (Wildman–Crippen MR) is 77.0 cm³/mol. The first-order valence-corrected chi connectivity index (χ1v) is 9.91. The Kier molecular flexibility index (Phi) is 10.2. The SMILES string of the molecule is CCCCCCCCOC(=O)C(C)=C[SiH](C)C. The van der Waals surface area contributed by atoms with Crippen LogP contribution >= 0.6 is 0 Å². The highest BCUT2D eigenvalue weighted by Crippen LogP contribution is 2.06. The lowest BCUT2D eigenvalue weighted by Gasteiger charge is -2.05. The van der Waals surface area contributed by atoms with E-state index < -0.39 is 8.80 Å². The summed E-state index contributed by atoms with van der Waals surface area (Å²) < 4.78 is 5.23. The van der Waals surface area contributed by atoms with Gasteiger partial charge in [-0.05, 0) is 13.3 Å². The van der Waals surface area contributed by atoms with Crippen molar-refractivity contribution in [2.75, 3.05) is 6.61 Å². The van der Waals surface area contributed by atoms with E-state index in [1.807, 2.05) is 6.92 Å². The van der Waals surface area contributed by atoms with E-state index in [0.717, 1.165) is 12.0 Å². The number of rotatable bonds is 9. The molecule has 0 aliphatic carbocycles. The maximum atomic E-state index is 11.5. The summed E-state index contributed by atoms with van der Waals surface area (Å²) in [7, 11) is -0.808. The fourth-order valence-electron chi connectivity index (χ4n) is 1.73. The largest absolute Gasteiger partial charge is 0.462 e. The molecule has 100 valence electrons. The van der Waals surface area contributed by atoms with Gasteiger partial charge in [-0.2, -0.15) is 0 Å². The van der Waals surface area contributed by atoms with E-state index in [0.29, 0.717) is 6.61 Å². The van der Waals surface area contributed by atoms with Gasteiger partial charge in [-0.3, -0.25) is 0 Å². The van der Waals surface area contributed by atoms with Gasteiger partial charge in [0.05, 0.1) is 15.4 Å². The fourth-order valence-corrected chi connectivity index (χ4v) is 2.87. The normalized spacial score (nSPS) is 11.9. The quantitative estimate of drug-likeness (QED) is 0.271. The highest BCUT2D eigenvalue weighted by atomic mass is 28.3. The van der Waals surface area contributed by atoms with Gasteiger partial charge in [-0.1, -0.05) is 57.8 Å². The monoisotopic (exact) mass is 256 g/mol. The van der Waals surface area contributed by atoms with E-state index in [1.165, 1.54) is 32.1 Å². The predicted octanol–water partition coefficient (Wildman–Crippen LogP) is 3.86. The maximum Gasteiger partial charge on any atom is 0.332 e. The van der Waals surface area contributed by atoms with Crippen LogP contribution in [0.25, 0.3) is 0 Å². The topological polar surface area (TPSA) is 26.3 Å². The van der Waals surface area contributed by atoms with Crippen molar-refractivity contribution in [2.45, 2.75) is 65.5 Å². The van der Waals surface area contributed by atoms with Crippen LogP contribution in [0.15, 0.2) is 11.3 Å². The zero-order valence-corrected chi connectivity index (χ0v) is 13.1. The molecular formula is C14H28O2Si. The average molecular weight is 256 g/mol. The molecule has 0 spiro atoms. The second-order valence-electron chi connectivity index (χ2n) is 5.00. The Morgan fingerprint density at radius 3 is 2.29 bits per heavy atom. The molecule has 0 saturated carbocycles. The fraction of sp³-hybridized carbons (Fsp3) is 0.786. The molecule has 0 heterocycles. The molecule has 0 bridgehead atoms. The smallest absolute Gasteiger partial charge is 0.332 e. The lowest BCUT2D eigenvalue weighted by molar-refractivity contribution is -0.139. The van der Waals surface area contributed by atoms with Crippen LogP contribution in [0.3, 0.4) is 0 Å². The minimum absolute atomic E-state index is 0.125. The van der Waals surface area contributed by atoms with Crippen LogP contribution < -0.4 is 0 Å². The average Bonchev–Trinajstić information content (AvgIpc) is 2.26. The molecule has 0 saturated heterocycles. The first kappa shape index (κ1) is 16.4. The molecule has 0 aromatic carbocycles. The second kappa shape index (κ2) is 10.6. The number of carbonyl (C=O) groups is 1. The molecule has 17 heavy (non-hydrogen) atoms. The number of hydrogen-bond donors (Lipinski definition) is 0. The Bertz CT molecular complexity index is 234. The van der Waals surface area contributed by atoms with Crippen molar-refractivity contribution in [3.8, 4) is 0 Å². The van der Waals surface area contributed by atoms with Crippen LogP contribution in [0.1, 0.15) is 52.4 Å². The first-order chi connectivity index (χ1) is 8.07. The van der Waals surface area contributed by atoms with Gasteiger partial charge in [-0.25, -0.2) is 4.79 Å². The molecule has 0 radical (unpaired) electrons. The number of carbonyl (C=O) groups excluding carboxylic acids is 1. The third-order valence-electron chi connectivity index (χ3n) is 2.64. The van der Waals surface area contributed by atoms with Crippen molar-refractivity contribution in [3.05, 3.63) is 11.3 Å². The van der Waals surface area contributed by atoms with Crippen molar-refractivity contribution in [3.63, 3.8) is 0 Å². The third-order valence-corrected chi connectivity index (χ3v) is 3.80. The lowest BCUT2D eigenvalue weighted by Crippen LogP contribution is -2.09. The zero-order valence-electron chi connectivity index (χ0n) is 11.9.